The Morgan fingerprint density at radius 2 is 2.00 bits per heavy atom. The summed E-state index contributed by atoms with van der Waals surface area (Å²) in [6.07, 6.45) is 2.11. The molecule has 2 atom stereocenters. The second kappa shape index (κ2) is 7.80. The molecule has 3 nitrogen and oxygen atoms in total. The highest BCUT2D eigenvalue weighted by atomic mass is 35.5. The second-order valence-electron chi connectivity index (χ2n) is 6.07. The van der Waals surface area contributed by atoms with Gasteiger partial charge in [-0.15, -0.1) is 0 Å². The Morgan fingerprint density at radius 1 is 1.24 bits per heavy atom. The van der Waals surface area contributed by atoms with E-state index in [1.807, 2.05) is 19.2 Å². The first-order valence-electron chi connectivity index (χ1n) is 7.49. The first kappa shape index (κ1) is 17.0. The zero-order chi connectivity index (χ0) is 15.4. The Morgan fingerprint density at radius 3 is 2.67 bits per heavy atom. The van der Waals surface area contributed by atoms with Gasteiger partial charge in [-0.25, -0.2) is 0 Å². The Balaban J connectivity index is 1.97. The molecular weight excluding hydrogens is 305 g/mol. The quantitative estimate of drug-likeness (QED) is 0.896. The molecule has 2 rings (SSSR count). The van der Waals surface area contributed by atoms with Crippen LogP contribution in [-0.2, 0) is 6.42 Å². The Labute approximate surface area is 138 Å². The van der Waals surface area contributed by atoms with Crippen molar-refractivity contribution in [1.82, 2.24) is 15.1 Å². The molecule has 118 valence electrons. The largest absolute Gasteiger partial charge is 0.317 e. The van der Waals surface area contributed by atoms with E-state index >= 15 is 0 Å². The molecule has 1 saturated heterocycles. The van der Waals surface area contributed by atoms with E-state index < -0.39 is 0 Å². The van der Waals surface area contributed by atoms with Crippen LogP contribution in [0.5, 0.6) is 0 Å². The predicted molar refractivity (Wildman–Crippen MR) is 91.5 cm³/mol. The van der Waals surface area contributed by atoms with Crippen LogP contribution in [0.3, 0.4) is 0 Å². The zero-order valence-electron chi connectivity index (χ0n) is 13.1. The lowest BCUT2D eigenvalue weighted by atomic mass is 9.97. The van der Waals surface area contributed by atoms with Crippen LogP contribution in [0.4, 0.5) is 0 Å². The fraction of sp³-hybridized carbons (Fsp3) is 0.625. The zero-order valence-corrected chi connectivity index (χ0v) is 14.6. The number of rotatable bonds is 5. The van der Waals surface area contributed by atoms with E-state index in [4.69, 9.17) is 23.2 Å². The second-order valence-corrected chi connectivity index (χ2v) is 6.88. The van der Waals surface area contributed by atoms with Crippen LogP contribution in [0.25, 0.3) is 0 Å². The molecule has 5 heteroatoms. The van der Waals surface area contributed by atoms with Crippen LogP contribution >= 0.6 is 23.2 Å². The van der Waals surface area contributed by atoms with Crippen molar-refractivity contribution in [2.24, 2.45) is 0 Å². The molecule has 0 saturated carbocycles. The summed E-state index contributed by atoms with van der Waals surface area (Å²) in [5.74, 6) is 0. The molecule has 2 unspecified atom stereocenters. The van der Waals surface area contributed by atoms with Gasteiger partial charge in [-0.3, -0.25) is 0 Å². The van der Waals surface area contributed by atoms with Crippen molar-refractivity contribution >= 4 is 23.2 Å². The topological polar surface area (TPSA) is 18.5 Å². The fourth-order valence-electron chi connectivity index (χ4n) is 2.94. The molecule has 0 aliphatic carbocycles. The maximum Gasteiger partial charge on any atom is 0.0595 e. The summed E-state index contributed by atoms with van der Waals surface area (Å²) in [6, 6.07) is 6.97. The molecule has 21 heavy (non-hydrogen) atoms. The highest BCUT2D eigenvalue weighted by Crippen LogP contribution is 2.24. The van der Waals surface area contributed by atoms with E-state index in [-0.39, 0.29) is 0 Å². The van der Waals surface area contributed by atoms with Crippen molar-refractivity contribution in [2.45, 2.75) is 24.9 Å². The van der Waals surface area contributed by atoms with E-state index in [1.54, 1.807) is 0 Å². The first-order chi connectivity index (χ1) is 9.99. The minimum Gasteiger partial charge on any atom is -0.317 e. The fourth-order valence-corrected chi connectivity index (χ4v) is 3.26. The third-order valence-electron chi connectivity index (χ3n) is 4.41. The predicted octanol–water partition coefficient (Wildman–Crippen LogP) is 2.76. The van der Waals surface area contributed by atoms with Gasteiger partial charge in [0.1, 0.15) is 0 Å². The summed E-state index contributed by atoms with van der Waals surface area (Å²) in [5, 5.41) is 4.70. The van der Waals surface area contributed by atoms with Crippen LogP contribution in [0.2, 0.25) is 10.0 Å². The molecular formula is C16H25Cl2N3. The van der Waals surface area contributed by atoms with E-state index in [9.17, 15) is 0 Å². The Hall–Kier alpha value is -0.320. The lowest BCUT2D eigenvalue weighted by Gasteiger charge is -2.39. The summed E-state index contributed by atoms with van der Waals surface area (Å²) >= 11 is 12.1. The monoisotopic (exact) mass is 329 g/mol. The van der Waals surface area contributed by atoms with Gasteiger partial charge >= 0.3 is 0 Å². The summed E-state index contributed by atoms with van der Waals surface area (Å²) in [7, 11) is 6.46. The van der Waals surface area contributed by atoms with Crippen molar-refractivity contribution in [3.63, 3.8) is 0 Å². The van der Waals surface area contributed by atoms with Crippen molar-refractivity contribution in [3.8, 4) is 0 Å². The van der Waals surface area contributed by atoms with E-state index in [2.05, 4.69) is 35.3 Å². The SMILES string of the molecule is CNC(Cc1ccc(Cl)c(Cl)c1)CC1CN(C)CCN1C. The first-order valence-corrected chi connectivity index (χ1v) is 8.25. The smallest absolute Gasteiger partial charge is 0.0595 e. The molecule has 0 bridgehead atoms. The Kier molecular flexibility index (Phi) is 6.33. The number of nitrogens with one attached hydrogen (secondary N) is 1. The molecule has 1 aromatic carbocycles. The number of piperazine rings is 1. The molecule has 0 spiro atoms. The van der Waals surface area contributed by atoms with Crippen molar-refractivity contribution in [3.05, 3.63) is 33.8 Å². The van der Waals surface area contributed by atoms with Gasteiger partial charge in [-0.1, -0.05) is 29.3 Å². The van der Waals surface area contributed by atoms with Gasteiger partial charge in [0.05, 0.1) is 10.0 Å². The number of nitrogens with zero attached hydrogens (tertiary/aromatic N) is 2. The Bertz CT molecular complexity index is 467. The summed E-state index contributed by atoms with van der Waals surface area (Å²) in [6.45, 7) is 3.43. The lowest BCUT2D eigenvalue weighted by Crippen LogP contribution is -2.52. The minimum atomic E-state index is 0.446. The molecule has 1 fully saturated rings. The molecule has 1 aliphatic heterocycles. The number of hydrogen-bond donors (Lipinski definition) is 1. The molecule has 1 heterocycles. The van der Waals surface area contributed by atoms with Crippen molar-refractivity contribution in [2.75, 3.05) is 40.8 Å². The van der Waals surface area contributed by atoms with Crippen LogP contribution < -0.4 is 5.32 Å². The van der Waals surface area contributed by atoms with Gasteiger partial charge in [0.15, 0.2) is 0 Å². The summed E-state index contributed by atoms with van der Waals surface area (Å²) < 4.78 is 0. The average molecular weight is 330 g/mol. The van der Waals surface area contributed by atoms with Crippen molar-refractivity contribution in [1.29, 1.82) is 0 Å². The standard InChI is InChI=1S/C16H25Cl2N3/c1-19-13(8-12-4-5-15(17)16(18)9-12)10-14-11-20(2)6-7-21(14)3/h4-5,9,13-14,19H,6-8,10-11H2,1-3H3. The third-order valence-corrected chi connectivity index (χ3v) is 5.15. The van der Waals surface area contributed by atoms with Gasteiger partial charge in [-0.2, -0.15) is 0 Å². The number of halogens is 2. The van der Waals surface area contributed by atoms with Crippen LogP contribution in [0.1, 0.15) is 12.0 Å². The van der Waals surface area contributed by atoms with Crippen LogP contribution in [-0.4, -0.2) is 62.7 Å². The summed E-state index contributed by atoms with van der Waals surface area (Å²) in [5.41, 5.74) is 1.23. The van der Waals surface area contributed by atoms with E-state index in [0.717, 1.165) is 32.5 Å². The molecule has 0 aromatic heterocycles. The van der Waals surface area contributed by atoms with Gasteiger partial charge in [-0.05, 0) is 51.7 Å². The molecule has 1 N–H and O–H groups in total. The maximum absolute atomic E-state index is 6.11. The minimum absolute atomic E-state index is 0.446. The van der Waals surface area contributed by atoms with E-state index in [1.165, 1.54) is 5.56 Å². The number of likely N-dealkylation sites (N-methyl/N-ethyl adjacent to an activating group) is 3. The normalized spacial score (nSPS) is 22.4. The van der Waals surface area contributed by atoms with Crippen LogP contribution in [0, 0.1) is 0 Å². The number of benzene rings is 1. The third kappa shape index (κ3) is 4.83. The lowest BCUT2D eigenvalue weighted by molar-refractivity contribution is 0.102. The molecule has 0 amide bonds. The van der Waals surface area contributed by atoms with Gasteiger partial charge in [0.25, 0.3) is 0 Å². The number of hydrogen-bond acceptors (Lipinski definition) is 3. The highest BCUT2D eigenvalue weighted by Gasteiger charge is 2.24. The average Bonchev–Trinajstić information content (AvgIpc) is 2.46. The van der Waals surface area contributed by atoms with Crippen molar-refractivity contribution < 1.29 is 0 Å². The van der Waals surface area contributed by atoms with Crippen LogP contribution in [0.15, 0.2) is 18.2 Å². The highest BCUT2D eigenvalue weighted by molar-refractivity contribution is 6.42. The molecule has 1 aromatic rings. The van der Waals surface area contributed by atoms with Gasteiger partial charge in [0, 0.05) is 31.7 Å². The maximum atomic E-state index is 6.11. The van der Waals surface area contributed by atoms with E-state index in [0.29, 0.717) is 22.1 Å². The van der Waals surface area contributed by atoms with Gasteiger partial charge < -0.3 is 15.1 Å². The summed E-state index contributed by atoms with van der Waals surface area (Å²) in [4.78, 5) is 4.88. The molecule has 1 aliphatic rings. The molecule has 0 radical (unpaired) electrons. The van der Waals surface area contributed by atoms with Gasteiger partial charge in [0.2, 0.25) is 0 Å².